The lowest BCUT2D eigenvalue weighted by Crippen LogP contribution is -2.43. The minimum Gasteiger partial charge on any atom is -0.385 e. The quantitative estimate of drug-likeness (QED) is 0.456. The van der Waals surface area contributed by atoms with Gasteiger partial charge in [0.2, 0.25) is 5.91 Å². The molecule has 1 aliphatic carbocycles. The van der Waals surface area contributed by atoms with Crippen LogP contribution in [0, 0.1) is 11.2 Å². The zero-order valence-electron chi connectivity index (χ0n) is 16.3. The zero-order chi connectivity index (χ0) is 19.5. The maximum Gasteiger partial charge on any atom is 0.246 e. The Morgan fingerprint density at radius 2 is 2.07 bits per heavy atom. The molecule has 0 aliphatic heterocycles. The van der Waals surface area contributed by atoms with Gasteiger partial charge in [0.05, 0.1) is 0 Å². The van der Waals surface area contributed by atoms with E-state index >= 15 is 0 Å². The molecule has 0 saturated heterocycles. The van der Waals surface area contributed by atoms with Gasteiger partial charge >= 0.3 is 0 Å². The Morgan fingerprint density at radius 1 is 1.30 bits per heavy atom. The first kappa shape index (κ1) is 21.2. The molecule has 1 aromatic rings. The number of halogens is 1. The standard InChI is InChI=1S/C20H31FN4O2/c1-3-22-19(24-15-20(11-12-27-2)9-4-5-10-20)23-14-18(26)25-17-8-6-7-16(21)13-17/h6-8,13H,3-5,9-12,14-15H2,1-2H3,(H,25,26)(H2,22,23,24). The Bertz CT molecular complexity index is 630. The van der Waals surface area contributed by atoms with Gasteiger partial charge in [0.25, 0.3) is 0 Å². The lowest BCUT2D eigenvalue weighted by molar-refractivity contribution is -0.114. The Balaban J connectivity index is 1.89. The zero-order valence-corrected chi connectivity index (χ0v) is 16.3. The van der Waals surface area contributed by atoms with E-state index < -0.39 is 0 Å². The Hall–Kier alpha value is -2.15. The van der Waals surface area contributed by atoms with Crippen molar-refractivity contribution in [2.75, 3.05) is 38.7 Å². The van der Waals surface area contributed by atoms with Crippen molar-refractivity contribution in [3.05, 3.63) is 30.1 Å². The number of aliphatic imine (C=N–C) groups is 1. The number of amides is 1. The van der Waals surface area contributed by atoms with Crippen molar-refractivity contribution in [3.8, 4) is 0 Å². The molecule has 2 rings (SSSR count). The number of guanidine groups is 1. The van der Waals surface area contributed by atoms with Crippen LogP contribution in [0.1, 0.15) is 39.0 Å². The van der Waals surface area contributed by atoms with Gasteiger partial charge in [0.15, 0.2) is 5.96 Å². The number of nitrogens with zero attached hydrogens (tertiary/aromatic N) is 1. The lowest BCUT2D eigenvalue weighted by Gasteiger charge is -2.29. The second kappa shape index (κ2) is 10.9. The minimum absolute atomic E-state index is 0.0308. The first-order chi connectivity index (χ1) is 13.1. The van der Waals surface area contributed by atoms with Gasteiger partial charge in [-0.25, -0.2) is 9.38 Å². The molecule has 0 aromatic heterocycles. The van der Waals surface area contributed by atoms with E-state index in [1.54, 1.807) is 19.2 Å². The van der Waals surface area contributed by atoms with E-state index in [1.165, 1.54) is 37.8 Å². The molecule has 1 saturated carbocycles. The number of rotatable bonds is 9. The number of benzene rings is 1. The number of hydrogen-bond donors (Lipinski definition) is 3. The highest BCUT2D eigenvalue weighted by Gasteiger charge is 2.33. The van der Waals surface area contributed by atoms with Crippen LogP contribution < -0.4 is 16.0 Å². The number of anilines is 1. The van der Waals surface area contributed by atoms with E-state index in [-0.39, 0.29) is 23.7 Å². The summed E-state index contributed by atoms with van der Waals surface area (Å²) in [5.41, 5.74) is 0.661. The molecular formula is C20H31FN4O2. The van der Waals surface area contributed by atoms with E-state index in [2.05, 4.69) is 20.9 Å². The van der Waals surface area contributed by atoms with Crippen LogP contribution in [0.15, 0.2) is 29.3 Å². The van der Waals surface area contributed by atoms with Crippen LogP contribution in [0.5, 0.6) is 0 Å². The topological polar surface area (TPSA) is 74.8 Å². The molecule has 1 aromatic carbocycles. The Kier molecular flexibility index (Phi) is 8.51. The first-order valence-corrected chi connectivity index (χ1v) is 9.63. The third-order valence-corrected chi connectivity index (χ3v) is 4.96. The fraction of sp³-hybridized carbons (Fsp3) is 0.600. The average Bonchev–Trinajstić information content (AvgIpc) is 3.11. The Morgan fingerprint density at radius 3 is 2.74 bits per heavy atom. The molecule has 1 aliphatic rings. The molecule has 7 heteroatoms. The van der Waals surface area contributed by atoms with Crippen LogP contribution >= 0.6 is 0 Å². The maximum absolute atomic E-state index is 13.2. The van der Waals surface area contributed by atoms with Crippen molar-refractivity contribution in [1.29, 1.82) is 0 Å². The molecule has 6 nitrogen and oxygen atoms in total. The summed E-state index contributed by atoms with van der Waals surface area (Å²) in [5.74, 6) is -0.0485. The molecule has 3 N–H and O–H groups in total. The van der Waals surface area contributed by atoms with E-state index in [0.29, 0.717) is 18.2 Å². The monoisotopic (exact) mass is 378 g/mol. The van der Waals surface area contributed by atoms with Crippen LogP contribution in [-0.4, -0.2) is 45.2 Å². The summed E-state index contributed by atoms with van der Waals surface area (Å²) < 4.78 is 18.5. The third-order valence-electron chi connectivity index (χ3n) is 4.96. The number of nitrogens with one attached hydrogen (secondary N) is 3. The summed E-state index contributed by atoms with van der Waals surface area (Å²) in [5, 5.41) is 9.21. The second-order valence-electron chi connectivity index (χ2n) is 7.06. The summed E-state index contributed by atoms with van der Waals surface area (Å²) in [6, 6.07) is 5.82. The summed E-state index contributed by atoms with van der Waals surface area (Å²) in [6.45, 7) is 4.23. The molecule has 27 heavy (non-hydrogen) atoms. The molecule has 1 fully saturated rings. The molecular weight excluding hydrogens is 347 g/mol. The summed E-state index contributed by atoms with van der Waals surface area (Å²) in [4.78, 5) is 16.4. The maximum atomic E-state index is 13.2. The predicted octanol–water partition coefficient (Wildman–Crippen LogP) is 2.92. The molecule has 150 valence electrons. The number of methoxy groups -OCH3 is 1. The number of hydrogen-bond acceptors (Lipinski definition) is 3. The van der Waals surface area contributed by atoms with Crippen LogP contribution in [-0.2, 0) is 9.53 Å². The van der Waals surface area contributed by atoms with Crippen LogP contribution in [0.2, 0.25) is 0 Å². The molecule has 1 amide bonds. The first-order valence-electron chi connectivity index (χ1n) is 9.63. The van der Waals surface area contributed by atoms with Crippen molar-refractivity contribution in [2.45, 2.75) is 39.0 Å². The van der Waals surface area contributed by atoms with Gasteiger partial charge in [-0.15, -0.1) is 0 Å². The van der Waals surface area contributed by atoms with Gasteiger partial charge in [-0.3, -0.25) is 4.79 Å². The lowest BCUT2D eigenvalue weighted by atomic mass is 9.83. The van der Waals surface area contributed by atoms with Gasteiger partial charge in [0.1, 0.15) is 12.4 Å². The van der Waals surface area contributed by atoms with Gasteiger partial charge in [-0.1, -0.05) is 18.9 Å². The van der Waals surface area contributed by atoms with Crippen molar-refractivity contribution in [1.82, 2.24) is 10.6 Å². The fourth-order valence-corrected chi connectivity index (χ4v) is 3.49. The average molecular weight is 378 g/mol. The molecule has 0 radical (unpaired) electrons. The largest absolute Gasteiger partial charge is 0.385 e. The minimum atomic E-state index is -0.385. The highest BCUT2D eigenvalue weighted by molar-refractivity contribution is 5.94. The normalized spacial score (nSPS) is 16.2. The SMILES string of the molecule is CCNC(=NCC(=O)Nc1cccc(F)c1)NCC1(CCOC)CCCC1. The van der Waals surface area contributed by atoms with Gasteiger partial charge in [-0.2, -0.15) is 0 Å². The number of carbonyl (C=O) groups excluding carboxylic acids is 1. The number of ether oxygens (including phenoxy) is 1. The molecule has 0 atom stereocenters. The van der Waals surface area contributed by atoms with Gasteiger partial charge in [-0.05, 0) is 49.8 Å². The summed E-state index contributed by atoms with van der Waals surface area (Å²) in [7, 11) is 1.73. The highest BCUT2D eigenvalue weighted by atomic mass is 19.1. The highest BCUT2D eigenvalue weighted by Crippen LogP contribution is 2.40. The van der Waals surface area contributed by atoms with Gasteiger partial charge in [0, 0.05) is 32.5 Å². The Labute approximate surface area is 161 Å². The third kappa shape index (κ3) is 7.17. The predicted molar refractivity (Wildman–Crippen MR) is 106 cm³/mol. The molecule has 0 spiro atoms. The van der Waals surface area contributed by atoms with E-state index in [4.69, 9.17) is 4.74 Å². The van der Waals surface area contributed by atoms with Crippen molar-refractivity contribution in [3.63, 3.8) is 0 Å². The smallest absolute Gasteiger partial charge is 0.246 e. The molecule has 0 heterocycles. The van der Waals surface area contributed by atoms with Crippen molar-refractivity contribution >= 4 is 17.6 Å². The van der Waals surface area contributed by atoms with E-state index in [9.17, 15) is 9.18 Å². The fourth-order valence-electron chi connectivity index (χ4n) is 3.49. The summed E-state index contributed by atoms with van der Waals surface area (Å²) in [6.07, 6.45) is 5.88. The number of carbonyl (C=O) groups is 1. The second-order valence-corrected chi connectivity index (χ2v) is 7.06. The molecule has 0 bridgehead atoms. The van der Waals surface area contributed by atoms with Crippen LogP contribution in [0.4, 0.5) is 10.1 Å². The van der Waals surface area contributed by atoms with Crippen molar-refractivity contribution < 1.29 is 13.9 Å². The van der Waals surface area contributed by atoms with Crippen LogP contribution in [0.3, 0.4) is 0 Å². The summed E-state index contributed by atoms with van der Waals surface area (Å²) >= 11 is 0. The van der Waals surface area contributed by atoms with E-state index in [1.807, 2.05) is 6.92 Å². The van der Waals surface area contributed by atoms with Crippen LogP contribution in [0.25, 0.3) is 0 Å². The van der Waals surface area contributed by atoms with E-state index in [0.717, 1.165) is 19.6 Å². The van der Waals surface area contributed by atoms with Crippen molar-refractivity contribution in [2.24, 2.45) is 10.4 Å². The van der Waals surface area contributed by atoms with Gasteiger partial charge < -0.3 is 20.7 Å². The molecule has 0 unspecified atom stereocenters.